The van der Waals surface area contributed by atoms with Gasteiger partial charge in [-0.3, -0.25) is 10.1 Å². The third kappa shape index (κ3) is 2.77. The Kier molecular flexibility index (Phi) is 3.90. The van der Waals surface area contributed by atoms with Crippen LogP contribution in [-0.2, 0) is 6.42 Å². The number of anilines is 1. The quantitative estimate of drug-likeness (QED) is 0.785. The largest absolute Gasteiger partial charge is 0.497 e. The van der Waals surface area contributed by atoms with Crippen LogP contribution >= 0.6 is 22.7 Å². The number of benzene rings is 1. The van der Waals surface area contributed by atoms with E-state index in [1.165, 1.54) is 22.7 Å². The van der Waals surface area contributed by atoms with Gasteiger partial charge in [0.2, 0.25) is 0 Å². The third-order valence-corrected chi connectivity index (χ3v) is 5.04. The molecule has 2 heterocycles. The van der Waals surface area contributed by atoms with Crippen molar-refractivity contribution < 1.29 is 9.53 Å². The van der Waals surface area contributed by atoms with Crippen LogP contribution in [0.25, 0.3) is 10.2 Å². The van der Waals surface area contributed by atoms with Crippen LogP contribution in [0.2, 0.25) is 0 Å². The molecule has 108 valence electrons. The van der Waals surface area contributed by atoms with Crippen molar-refractivity contribution in [2.24, 2.45) is 0 Å². The second-order valence-electron chi connectivity index (χ2n) is 4.44. The summed E-state index contributed by atoms with van der Waals surface area (Å²) in [6, 6.07) is 7.67. The molecule has 0 unspecified atom stereocenters. The number of carbonyl (C=O) groups is 1. The average molecular weight is 318 g/mol. The number of thiophene rings is 1. The Morgan fingerprint density at radius 2 is 2.24 bits per heavy atom. The lowest BCUT2D eigenvalue weighted by atomic mass is 10.2. The molecule has 0 fully saturated rings. The van der Waals surface area contributed by atoms with Gasteiger partial charge in [-0.25, -0.2) is 4.98 Å². The molecule has 0 atom stereocenters. The Morgan fingerprint density at radius 1 is 1.38 bits per heavy atom. The van der Waals surface area contributed by atoms with E-state index in [1.807, 2.05) is 36.6 Å². The Balaban J connectivity index is 1.86. The fraction of sp³-hybridized carbons (Fsp3) is 0.200. The summed E-state index contributed by atoms with van der Waals surface area (Å²) in [5.74, 6) is 0.698. The van der Waals surface area contributed by atoms with Gasteiger partial charge < -0.3 is 4.74 Å². The number of amides is 1. The van der Waals surface area contributed by atoms with Gasteiger partial charge in [0, 0.05) is 0 Å². The zero-order chi connectivity index (χ0) is 14.8. The van der Waals surface area contributed by atoms with Gasteiger partial charge in [-0.1, -0.05) is 18.3 Å². The molecule has 3 rings (SSSR count). The van der Waals surface area contributed by atoms with Gasteiger partial charge >= 0.3 is 0 Å². The van der Waals surface area contributed by atoms with Crippen LogP contribution in [-0.4, -0.2) is 18.0 Å². The predicted octanol–water partition coefficient (Wildman–Crippen LogP) is 4.18. The average Bonchev–Trinajstić information content (AvgIpc) is 3.11. The monoisotopic (exact) mass is 318 g/mol. The Hall–Kier alpha value is -1.92. The summed E-state index contributed by atoms with van der Waals surface area (Å²) in [4.78, 5) is 17.5. The summed E-state index contributed by atoms with van der Waals surface area (Å²) in [7, 11) is 1.63. The molecular weight excluding hydrogens is 304 g/mol. The Morgan fingerprint density at radius 3 is 3.00 bits per heavy atom. The summed E-state index contributed by atoms with van der Waals surface area (Å²) in [6.45, 7) is 2.04. The van der Waals surface area contributed by atoms with E-state index < -0.39 is 0 Å². The van der Waals surface area contributed by atoms with Crippen molar-refractivity contribution in [3.63, 3.8) is 0 Å². The molecule has 21 heavy (non-hydrogen) atoms. The number of nitrogens with one attached hydrogen (secondary N) is 1. The number of thiazole rings is 1. The zero-order valence-electron chi connectivity index (χ0n) is 11.7. The molecule has 4 nitrogen and oxygen atoms in total. The molecule has 2 aromatic heterocycles. The van der Waals surface area contributed by atoms with E-state index in [0.29, 0.717) is 5.13 Å². The molecule has 0 saturated heterocycles. The minimum atomic E-state index is -0.0899. The standard InChI is InChI=1S/C15H14N2O2S2/c1-3-9-6-7-20-13(9)14(18)17-15-16-11-5-4-10(19-2)8-12(11)21-15/h4-8H,3H2,1-2H3,(H,16,17,18). The fourth-order valence-corrected chi connectivity index (χ4v) is 3.83. The maximum Gasteiger partial charge on any atom is 0.267 e. The highest BCUT2D eigenvalue weighted by Crippen LogP contribution is 2.30. The summed E-state index contributed by atoms with van der Waals surface area (Å²) in [5.41, 5.74) is 1.93. The van der Waals surface area contributed by atoms with E-state index in [0.717, 1.165) is 32.8 Å². The van der Waals surface area contributed by atoms with Crippen LogP contribution in [0.3, 0.4) is 0 Å². The minimum Gasteiger partial charge on any atom is -0.497 e. The number of fused-ring (bicyclic) bond motifs is 1. The first-order valence-corrected chi connectivity index (χ1v) is 8.23. The normalized spacial score (nSPS) is 10.8. The highest BCUT2D eigenvalue weighted by atomic mass is 32.1. The first kappa shape index (κ1) is 14.0. The third-order valence-electron chi connectivity index (χ3n) is 3.15. The molecule has 0 aliphatic heterocycles. The lowest BCUT2D eigenvalue weighted by Crippen LogP contribution is -2.11. The van der Waals surface area contributed by atoms with Gasteiger partial charge in [-0.05, 0) is 41.6 Å². The van der Waals surface area contributed by atoms with Gasteiger partial charge in [-0.2, -0.15) is 0 Å². The lowest BCUT2D eigenvalue weighted by Gasteiger charge is -2.01. The first-order chi connectivity index (χ1) is 10.2. The number of aryl methyl sites for hydroxylation is 1. The van der Waals surface area contributed by atoms with E-state index >= 15 is 0 Å². The molecule has 1 aromatic carbocycles. The van der Waals surface area contributed by atoms with Crippen molar-refractivity contribution in [2.45, 2.75) is 13.3 Å². The Labute approximate surface area is 130 Å². The number of methoxy groups -OCH3 is 1. The van der Waals surface area contributed by atoms with Crippen molar-refractivity contribution >= 4 is 43.9 Å². The second kappa shape index (κ2) is 5.83. The van der Waals surface area contributed by atoms with Gasteiger partial charge in [-0.15, -0.1) is 11.3 Å². The molecule has 6 heteroatoms. The number of aromatic nitrogens is 1. The van der Waals surface area contributed by atoms with Crippen molar-refractivity contribution in [1.82, 2.24) is 4.98 Å². The van der Waals surface area contributed by atoms with E-state index in [4.69, 9.17) is 4.74 Å². The topological polar surface area (TPSA) is 51.2 Å². The number of nitrogens with zero attached hydrogens (tertiary/aromatic N) is 1. The fourth-order valence-electron chi connectivity index (χ4n) is 2.05. The van der Waals surface area contributed by atoms with Crippen molar-refractivity contribution in [1.29, 1.82) is 0 Å². The van der Waals surface area contributed by atoms with E-state index in [-0.39, 0.29) is 5.91 Å². The van der Waals surface area contributed by atoms with Crippen LogP contribution in [0.5, 0.6) is 5.75 Å². The highest BCUT2D eigenvalue weighted by molar-refractivity contribution is 7.22. The predicted molar refractivity (Wildman–Crippen MR) is 87.8 cm³/mol. The van der Waals surface area contributed by atoms with Gasteiger partial charge in [0.25, 0.3) is 5.91 Å². The molecular formula is C15H14N2O2S2. The second-order valence-corrected chi connectivity index (χ2v) is 6.38. The summed E-state index contributed by atoms with van der Waals surface area (Å²) in [5, 5.41) is 5.44. The summed E-state index contributed by atoms with van der Waals surface area (Å²) >= 11 is 2.91. The van der Waals surface area contributed by atoms with Gasteiger partial charge in [0.1, 0.15) is 5.75 Å². The van der Waals surface area contributed by atoms with E-state index in [2.05, 4.69) is 10.3 Å². The summed E-state index contributed by atoms with van der Waals surface area (Å²) < 4.78 is 6.19. The number of hydrogen-bond donors (Lipinski definition) is 1. The van der Waals surface area contributed by atoms with Crippen LogP contribution in [0.1, 0.15) is 22.2 Å². The molecule has 3 aromatic rings. The highest BCUT2D eigenvalue weighted by Gasteiger charge is 2.14. The van der Waals surface area contributed by atoms with Crippen molar-refractivity contribution in [2.75, 3.05) is 12.4 Å². The van der Waals surface area contributed by atoms with E-state index in [9.17, 15) is 4.79 Å². The maximum atomic E-state index is 12.3. The number of hydrogen-bond acceptors (Lipinski definition) is 5. The number of rotatable bonds is 4. The molecule has 1 amide bonds. The first-order valence-electron chi connectivity index (χ1n) is 6.53. The molecule has 0 spiro atoms. The minimum absolute atomic E-state index is 0.0899. The van der Waals surface area contributed by atoms with Crippen molar-refractivity contribution in [3.05, 3.63) is 40.1 Å². The SMILES string of the molecule is CCc1ccsc1C(=O)Nc1nc2ccc(OC)cc2s1. The Bertz CT molecular complexity index is 792. The molecule has 0 aliphatic rings. The molecule has 0 radical (unpaired) electrons. The van der Waals surface area contributed by atoms with Crippen LogP contribution in [0, 0.1) is 0 Å². The lowest BCUT2D eigenvalue weighted by molar-refractivity contribution is 0.103. The molecule has 0 saturated carbocycles. The van der Waals surface area contributed by atoms with Gasteiger partial charge in [0.15, 0.2) is 5.13 Å². The van der Waals surface area contributed by atoms with Crippen LogP contribution < -0.4 is 10.1 Å². The van der Waals surface area contributed by atoms with E-state index in [1.54, 1.807) is 7.11 Å². The van der Waals surface area contributed by atoms with Gasteiger partial charge in [0.05, 0.1) is 22.2 Å². The zero-order valence-corrected chi connectivity index (χ0v) is 13.3. The smallest absolute Gasteiger partial charge is 0.267 e. The van der Waals surface area contributed by atoms with Crippen LogP contribution in [0.4, 0.5) is 5.13 Å². The molecule has 1 N–H and O–H groups in total. The molecule has 0 aliphatic carbocycles. The van der Waals surface area contributed by atoms with Crippen LogP contribution in [0.15, 0.2) is 29.6 Å². The molecule has 0 bridgehead atoms. The number of carbonyl (C=O) groups excluding carboxylic acids is 1. The van der Waals surface area contributed by atoms with Crippen molar-refractivity contribution in [3.8, 4) is 5.75 Å². The summed E-state index contributed by atoms with van der Waals surface area (Å²) in [6.07, 6.45) is 0.850. The number of ether oxygens (including phenoxy) is 1. The maximum absolute atomic E-state index is 12.3.